The first kappa shape index (κ1) is 26.7. The fraction of sp³-hybridized carbons (Fsp3) is 0.286. The minimum Gasteiger partial charge on any atom is -0.457 e. The van der Waals surface area contributed by atoms with Gasteiger partial charge in [-0.25, -0.2) is 4.39 Å². The molecule has 194 valence electrons. The molecular weight excluding hydrogens is 493 g/mol. The van der Waals surface area contributed by atoms with Gasteiger partial charge < -0.3 is 20.1 Å². The number of nitrogens with one attached hydrogen (secondary N) is 2. The number of hydrogen-bond acceptors (Lipinski definition) is 6. The van der Waals surface area contributed by atoms with E-state index in [1.165, 1.54) is 24.3 Å². The number of nitrogens with zero attached hydrogens (tertiary/aromatic N) is 1. The van der Waals surface area contributed by atoms with Gasteiger partial charge in [-0.05, 0) is 54.1 Å². The highest BCUT2D eigenvalue weighted by Gasteiger charge is 2.23. The number of halogens is 1. The van der Waals surface area contributed by atoms with Gasteiger partial charge in [0.1, 0.15) is 23.4 Å². The number of amides is 2. The summed E-state index contributed by atoms with van der Waals surface area (Å²) >= 11 is 1.88. The summed E-state index contributed by atoms with van der Waals surface area (Å²) in [6.07, 6.45) is 0. The third-order valence-electron chi connectivity index (χ3n) is 5.69. The molecule has 7 nitrogen and oxygen atoms in total. The molecule has 1 atom stereocenters. The second kappa shape index (κ2) is 13.8. The van der Waals surface area contributed by atoms with Crippen LogP contribution in [0, 0.1) is 5.82 Å². The van der Waals surface area contributed by atoms with Gasteiger partial charge in [0.05, 0.1) is 19.8 Å². The maximum atomic E-state index is 13.1. The van der Waals surface area contributed by atoms with Crippen molar-refractivity contribution >= 4 is 29.3 Å². The average Bonchev–Trinajstić information content (AvgIpc) is 2.91. The van der Waals surface area contributed by atoms with Crippen molar-refractivity contribution in [3.8, 4) is 11.5 Å². The van der Waals surface area contributed by atoms with Gasteiger partial charge >= 0.3 is 0 Å². The van der Waals surface area contributed by atoms with Crippen LogP contribution in [-0.2, 0) is 20.9 Å². The van der Waals surface area contributed by atoms with Crippen molar-refractivity contribution in [2.75, 3.05) is 43.1 Å². The number of benzene rings is 3. The third-order valence-corrected chi connectivity index (χ3v) is 6.63. The molecule has 3 aromatic rings. The van der Waals surface area contributed by atoms with E-state index < -0.39 is 6.04 Å². The van der Waals surface area contributed by atoms with Gasteiger partial charge in [0.15, 0.2) is 0 Å². The first-order chi connectivity index (χ1) is 18.0. The van der Waals surface area contributed by atoms with Gasteiger partial charge in [-0.15, -0.1) is 0 Å². The topological polar surface area (TPSA) is 79.9 Å². The van der Waals surface area contributed by atoms with Gasteiger partial charge in [-0.3, -0.25) is 14.5 Å². The van der Waals surface area contributed by atoms with Gasteiger partial charge in [0.2, 0.25) is 11.8 Å². The molecule has 4 rings (SSSR count). The normalized spacial score (nSPS) is 14.5. The lowest BCUT2D eigenvalue weighted by Crippen LogP contribution is -2.50. The lowest BCUT2D eigenvalue weighted by atomic mass is 10.2. The largest absolute Gasteiger partial charge is 0.457 e. The van der Waals surface area contributed by atoms with E-state index in [0.29, 0.717) is 23.8 Å². The number of thioether (sulfide) groups is 1. The Morgan fingerprint density at radius 2 is 1.57 bits per heavy atom. The number of rotatable bonds is 11. The lowest BCUT2D eigenvalue weighted by molar-refractivity contribution is -0.128. The molecule has 0 saturated carbocycles. The van der Waals surface area contributed by atoms with E-state index in [-0.39, 0.29) is 30.8 Å². The minimum atomic E-state index is -0.856. The Balaban J connectivity index is 1.34. The standard InChI is InChI=1S/C28H30FN3O4S/c29-22-6-10-24(11-7-22)36-25-12-8-23(9-13-25)30-28(34)26(20-35-19-21-4-2-1-3-5-21)31-27(33)18-32-14-16-37-17-15-32/h1-13,26H,14-20H2,(H,30,34)(H,31,33). The Morgan fingerprint density at radius 3 is 2.24 bits per heavy atom. The molecule has 0 aromatic heterocycles. The number of carbonyl (C=O) groups is 2. The molecule has 9 heteroatoms. The number of ether oxygens (including phenoxy) is 2. The lowest BCUT2D eigenvalue weighted by Gasteiger charge is -2.26. The molecule has 1 unspecified atom stereocenters. The van der Waals surface area contributed by atoms with Crippen molar-refractivity contribution in [3.05, 3.63) is 90.2 Å². The summed E-state index contributed by atoms with van der Waals surface area (Å²) in [5.41, 5.74) is 1.53. The molecular formula is C28H30FN3O4S. The van der Waals surface area contributed by atoms with E-state index in [1.54, 1.807) is 24.3 Å². The number of carbonyl (C=O) groups excluding carboxylic acids is 2. The fourth-order valence-corrected chi connectivity index (χ4v) is 4.71. The molecule has 1 saturated heterocycles. The molecule has 2 N–H and O–H groups in total. The van der Waals surface area contributed by atoms with Gasteiger partial charge in [0.25, 0.3) is 0 Å². The average molecular weight is 524 g/mol. The van der Waals surface area contributed by atoms with E-state index >= 15 is 0 Å². The van der Waals surface area contributed by atoms with Crippen LogP contribution in [0.2, 0.25) is 0 Å². The zero-order valence-electron chi connectivity index (χ0n) is 20.4. The number of hydrogen-bond donors (Lipinski definition) is 2. The van der Waals surface area contributed by atoms with E-state index in [4.69, 9.17) is 9.47 Å². The SMILES string of the molecule is O=C(CN1CCSCC1)NC(COCc1ccccc1)C(=O)Nc1ccc(Oc2ccc(F)cc2)cc1. The van der Waals surface area contributed by atoms with Gasteiger partial charge in [-0.1, -0.05) is 30.3 Å². The molecule has 0 radical (unpaired) electrons. The number of anilines is 1. The summed E-state index contributed by atoms with van der Waals surface area (Å²) in [7, 11) is 0. The third kappa shape index (κ3) is 8.89. The monoisotopic (exact) mass is 523 g/mol. The Labute approximate surface area is 220 Å². The Kier molecular flexibility index (Phi) is 9.93. The Hall–Kier alpha value is -3.40. The summed E-state index contributed by atoms with van der Waals surface area (Å²) in [4.78, 5) is 27.9. The van der Waals surface area contributed by atoms with Crippen LogP contribution in [0.1, 0.15) is 5.56 Å². The summed E-state index contributed by atoms with van der Waals surface area (Å²) in [6.45, 7) is 2.32. The second-order valence-electron chi connectivity index (χ2n) is 8.58. The van der Waals surface area contributed by atoms with Gasteiger partial charge in [-0.2, -0.15) is 11.8 Å². The van der Waals surface area contributed by atoms with E-state index in [2.05, 4.69) is 15.5 Å². The van der Waals surface area contributed by atoms with Crippen LogP contribution in [0.3, 0.4) is 0 Å². The predicted octanol–water partition coefficient (Wildman–Crippen LogP) is 4.31. The first-order valence-corrected chi connectivity index (χ1v) is 13.3. The van der Waals surface area contributed by atoms with Crippen LogP contribution in [0.15, 0.2) is 78.9 Å². The van der Waals surface area contributed by atoms with E-state index in [1.807, 2.05) is 42.1 Å². The van der Waals surface area contributed by atoms with Crippen molar-refractivity contribution in [3.63, 3.8) is 0 Å². The quantitative estimate of drug-likeness (QED) is 0.390. The molecule has 0 aliphatic carbocycles. The first-order valence-electron chi connectivity index (χ1n) is 12.1. The Morgan fingerprint density at radius 1 is 0.919 bits per heavy atom. The highest BCUT2D eigenvalue weighted by molar-refractivity contribution is 7.99. The van der Waals surface area contributed by atoms with Crippen LogP contribution in [0.25, 0.3) is 0 Å². The molecule has 1 heterocycles. The predicted molar refractivity (Wildman–Crippen MR) is 143 cm³/mol. The van der Waals surface area contributed by atoms with Crippen LogP contribution >= 0.6 is 11.8 Å². The molecule has 1 aliphatic heterocycles. The maximum Gasteiger partial charge on any atom is 0.249 e. The molecule has 1 aliphatic rings. The highest BCUT2D eigenvalue weighted by Crippen LogP contribution is 2.23. The Bertz CT molecular complexity index is 1140. The van der Waals surface area contributed by atoms with Gasteiger partial charge in [0, 0.05) is 30.3 Å². The fourth-order valence-electron chi connectivity index (χ4n) is 3.73. The van der Waals surface area contributed by atoms with Crippen molar-refractivity contribution in [2.24, 2.45) is 0 Å². The smallest absolute Gasteiger partial charge is 0.249 e. The molecule has 1 fully saturated rings. The van der Waals surface area contributed by atoms with Crippen LogP contribution in [-0.4, -0.2) is 60.5 Å². The van der Waals surface area contributed by atoms with Crippen molar-refractivity contribution in [2.45, 2.75) is 12.6 Å². The van der Waals surface area contributed by atoms with Crippen LogP contribution in [0.4, 0.5) is 10.1 Å². The van der Waals surface area contributed by atoms with Crippen molar-refractivity contribution < 1.29 is 23.5 Å². The minimum absolute atomic E-state index is 0.0358. The highest BCUT2D eigenvalue weighted by atomic mass is 32.2. The molecule has 0 spiro atoms. The molecule has 3 aromatic carbocycles. The van der Waals surface area contributed by atoms with Crippen molar-refractivity contribution in [1.82, 2.24) is 10.2 Å². The molecule has 0 bridgehead atoms. The summed E-state index contributed by atoms with van der Waals surface area (Å²) in [5.74, 6) is 2.12. The summed E-state index contributed by atoms with van der Waals surface area (Å²) in [5, 5.41) is 5.68. The van der Waals surface area contributed by atoms with Crippen LogP contribution < -0.4 is 15.4 Å². The second-order valence-corrected chi connectivity index (χ2v) is 9.80. The molecule has 2 amide bonds. The summed E-state index contributed by atoms with van der Waals surface area (Å²) < 4.78 is 24.6. The van der Waals surface area contributed by atoms with E-state index in [9.17, 15) is 14.0 Å². The van der Waals surface area contributed by atoms with Crippen molar-refractivity contribution in [1.29, 1.82) is 0 Å². The molecule has 37 heavy (non-hydrogen) atoms. The summed E-state index contributed by atoms with van der Waals surface area (Å²) in [6, 6.07) is 21.3. The zero-order chi connectivity index (χ0) is 25.9. The van der Waals surface area contributed by atoms with E-state index in [0.717, 1.165) is 30.2 Å². The zero-order valence-corrected chi connectivity index (χ0v) is 21.2. The van der Waals surface area contributed by atoms with Crippen LogP contribution in [0.5, 0.6) is 11.5 Å². The maximum absolute atomic E-state index is 13.1.